The van der Waals surface area contributed by atoms with E-state index in [-0.39, 0.29) is 0 Å². The molecule has 0 radical (unpaired) electrons. The van der Waals surface area contributed by atoms with Gasteiger partial charge in [-0.1, -0.05) is 0 Å². The van der Waals surface area contributed by atoms with E-state index in [4.69, 9.17) is 19.9 Å². The monoisotopic (exact) mass is 298 g/mol. The van der Waals surface area contributed by atoms with Crippen LogP contribution in [0.25, 0.3) is 0 Å². The van der Waals surface area contributed by atoms with Crippen LogP contribution in [0.4, 0.5) is 0 Å². The molecule has 0 aliphatic rings. The number of carboxylic acid groups (broad SMARTS) is 3. The lowest BCUT2D eigenvalue weighted by Gasteiger charge is -2.06. The van der Waals surface area contributed by atoms with Crippen molar-refractivity contribution < 1.29 is 46.9 Å². The minimum atomic E-state index is -4.79. The predicted octanol–water partition coefficient (Wildman–Crippen LogP) is -0.864. The van der Waals surface area contributed by atoms with E-state index in [1.165, 1.54) is 0 Å². The van der Waals surface area contributed by atoms with Crippen LogP contribution in [-0.4, -0.2) is 52.8 Å². The topological polar surface area (TPSA) is 175 Å². The second-order valence-electron chi connectivity index (χ2n) is 3.14. The Morgan fingerprint density at radius 2 is 1.42 bits per heavy atom. The molecule has 0 aliphatic carbocycles. The summed E-state index contributed by atoms with van der Waals surface area (Å²) in [6.45, 7) is -0.836. The summed E-state index contributed by atoms with van der Waals surface area (Å²) in [5.74, 6) is -5.05. The summed E-state index contributed by atoms with van der Waals surface area (Å²) >= 11 is 0. The Bertz CT molecular complexity index is 514. The minimum absolute atomic E-state index is 0.704. The first kappa shape index (κ1) is 17.0. The summed E-state index contributed by atoms with van der Waals surface area (Å²) in [7, 11) is -4.79. The molecule has 11 heteroatoms. The third-order valence-corrected chi connectivity index (χ3v) is 2.26. The first-order valence-corrected chi connectivity index (χ1v) is 5.93. The summed E-state index contributed by atoms with van der Waals surface area (Å²) in [6.07, 6.45) is -1.76. The highest BCUT2D eigenvalue weighted by Gasteiger charge is 2.22. The van der Waals surface area contributed by atoms with Gasteiger partial charge in [0.1, 0.15) is 0 Å². The van der Waals surface area contributed by atoms with Crippen LogP contribution in [0.5, 0.6) is 0 Å². The molecule has 10 nitrogen and oxygen atoms in total. The molecular formula is C8H10O10S. The molecule has 0 saturated heterocycles. The van der Waals surface area contributed by atoms with Gasteiger partial charge < -0.3 is 15.3 Å². The van der Waals surface area contributed by atoms with Crippen LogP contribution in [0.15, 0.2) is 11.1 Å². The van der Waals surface area contributed by atoms with Crippen LogP contribution in [0.3, 0.4) is 0 Å². The van der Waals surface area contributed by atoms with Gasteiger partial charge >= 0.3 is 28.3 Å². The number of aliphatic carboxylic acids is 3. The van der Waals surface area contributed by atoms with E-state index in [2.05, 4.69) is 4.18 Å². The van der Waals surface area contributed by atoms with Crippen molar-refractivity contribution in [3.8, 4) is 0 Å². The highest BCUT2D eigenvalue weighted by Crippen LogP contribution is 2.14. The Balaban J connectivity index is 5.18. The molecule has 0 bridgehead atoms. The average Bonchev–Trinajstić information content (AvgIpc) is 2.19. The van der Waals surface area contributed by atoms with Crippen molar-refractivity contribution in [2.45, 2.75) is 12.8 Å². The fourth-order valence-electron chi connectivity index (χ4n) is 1.10. The van der Waals surface area contributed by atoms with E-state index in [9.17, 15) is 22.8 Å². The van der Waals surface area contributed by atoms with Crippen LogP contribution in [0, 0.1) is 0 Å². The smallest absolute Gasteiger partial charge is 0.397 e. The van der Waals surface area contributed by atoms with E-state index in [0.717, 1.165) is 0 Å². The molecule has 0 aromatic heterocycles. The standard InChI is InChI=1S/C8H10O10S/c9-6(10)3-5(8(13)14)4(7(11)12)1-2-18-19(15,16)17/h1-3H2,(H,9,10)(H,11,12)(H,13,14)(H,15,16,17). The maximum atomic E-state index is 10.8. The molecule has 0 aromatic rings. The van der Waals surface area contributed by atoms with E-state index in [0.29, 0.717) is 0 Å². The summed E-state index contributed by atoms with van der Waals surface area (Å²) in [5.41, 5.74) is -1.72. The Morgan fingerprint density at radius 1 is 0.947 bits per heavy atom. The molecule has 0 amide bonds. The predicted molar refractivity (Wildman–Crippen MR) is 56.7 cm³/mol. The molecule has 4 N–H and O–H groups in total. The molecule has 0 rings (SSSR count). The molecule has 0 fully saturated rings. The average molecular weight is 298 g/mol. The van der Waals surface area contributed by atoms with Crippen molar-refractivity contribution in [2.75, 3.05) is 6.61 Å². The zero-order valence-corrected chi connectivity index (χ0v) is 10.1. The van der Waals surface area contributed by atoms with E-state index >= 15 is 0 Å². The highest BCUT2D eigenvalue weighted by atomic mass is 32.3. The molecule has 0 heterocycles. The number of hydrogen-bond donors (Lipinski definition) is 4. The van der Waals surface area contributed by atoms with Crippen molar-refractivity contribution >= 4 is 28.3 Å². The Morgan fingerprint density at radius 3 is 1.74 bits per heavy atom. The van der Waals surface area contributed by atoms with E-state index in [1.807, 2.05) is 0 Å². The number of hydrogen-bond acceptors (Lipinski definition) is 6. The Kier molecular flexibility index (Phi) is 6.11. The summed E-state index contributed by atoms with van der Waals surface area (Å²) in [4.78, 5) is 32.0. The molecule has 0 aliphatic heterocycles. The van der Waals surface area contributed by atoms with Crippen molar-refractivity contribution in [1.29, 1.82) is 0 Å². The van der Waals surface area contributed by atoms with Gasteiger partial charge in [-0.3, -0.25) is 9.35 Å². The first-order chi connectivity index (χ1) is 8.54. The van der Waals surface area contributed by atoms with Gasteiger partial charge in [0.25, 0.3) is 0 Å². The number of carbonyl (C=O) groups is 3. The van der Waals surface area contributed by atoms with Gasteiger partial charge in [-0.05, 0) is 0 Å². The normalized spacial score (nSPS) is 12.7. The van der Waals surface area contributed by atoms with Gasteiger partial charge in [0.15, 0.2) is 0 Å². The third kappa shape index (κ3) is 7.13. The Labute approximate surface area is 106 Å². The Hall–Kier alpha value is -1.98. The molecule has 0 spiro atoms. The van der Waals surface area contributed by atoms with Gasteiger partial charge in [-0.2, -0.15) is 8.42 Å². The van der Waals surface area contributed by atoms with Gasteiger partial charge in [0.2, 0.25) is 0 Å². The molecule has 0 saturated carbocycles. The zero-order valence-electron chi connectivity index (χ0n) is 9.27. The summed E-state index contributed by atoms with van der Waals surface area (Å²) in [6, 6.07) is 0. The van der Waals surface area contributed by atoms with Gasteiger partial charge in [-0.25, -0.2) is 13.8 Å². The minimum Gasteiger partial charge on any atom is -0.481 e. The molecular weight excluding hydrogens is 288 g/mol. The van der Waals surface area contributed by atoms with Gasteiger partial charge in [0.05, 0.1) is 24.2 Å². The van der Waals surface area contributed by atoms with E-state index in [1.54, 1.807) is 0 Å². The van der Waals surface area contributed by atoms with Gasteiger partial charge in [-0.15, -0.1) is 0 Å². The number of carboxylic acids is 3. The second kappa shape index (κ2) is 6.82. The quantitative estimate of drug-likeness (QED) is 0.325. The molecule has 0 aromatic carbocycles. The maximum Gasteiger partial charge on any atom is 0.397 e. The maximum absolute atomic E-state index is 10.8. The first-order valence-electron chi connectivity index (χ1n) is 4.57. The highest BCUT2D eigenvalue weighted by molar-refractivity contribution is 7.80. The summed E-state index contributed by atoms with van der Waals surface area (Å²) < 4.78 is 32.5. The van der Waals surface area contributed by atoms with Crippen molar-refractivity contribution in [2.24, 2.45) is 0 Å². The molecule has 108 valence electrons. The van der Waals surface area contributed by atoms with Crippen molar-refractivity contribution in [3.05, 3.63) is 11.1 Å². The zero-order chi connectivity index (χ0) is 15.2. The van der Waals surface area contributed by atoms with Crippen LogP contribution in [0.2, 0.25) is 0 Å². The van der Waals surface area contributed by atoms with Crippen molar-refractivity contribution in [1.82, 2.24) is 0 Å². The molecule has 19 heavy (non-hydrogen) atoms. The van der Waals surface area contributed by atoms with Crippen LogP contribution >= 0.6 is 0 Å². The lowest BCUT2D eigenvalue weighted by molar-refractivity contribution is -0.140. The molecule has 0 atom stereocenters. The third-order valence-electron chi connectivity index (χ3n) is 1.79. The molecule has 0 unspecified atom stereocenters. The van der Waals surface area contributed by atoms with Crippen LogP contribution in [-0.2, 0) is 29.0 Å². The lowest BCUT2D eigenvalue weighted by Crippen LogP contribution is -2.16. The van der Waals surface area contributed by atoms with Crippen LogP contribution < -0.4 is 0 Å². The van der Waals surface area contributed by atoms with Gasteiger partial charge in [0, 0.05) is 6.42 Å². The SMILES string of the molecule is O=C(O)CC(C(=O)O)=C(CCOS(=O)(=O)O)C(=O)O. The second-order valence-corrected chi connectivity index (χ2v) is 4.23. The fourth-order valence-corrected chi connectivity index (χ4v) is 1.39. The van der Waals surface area contributed by atoms with E-state index < -0.39 is 58.9 Å². The largest absolute Gasteiger partial charge is 0.481 e. The fraction of sp³-hybridized carbons (Fsp3) is 0.375. The lowest BCUT2D eigenvalue weighted by atomic mass is 10.0. The van der Waals surface area contributed by atoms with Crippen molar-refractivity contribution in [3.63, 3.8) is 0 Å². The summed E-state index contributed by atoms with van der Waals surface area (Å²) in [5, 5.41) is 25.9. The van der Waals surface area contributed by atoms with Crippen LogP contribution in [0.1, 0.15) is 12.8 Å². The number of rotatable bonds is 8.